The fourth-order valence-electron chi connectivity index (χ4n) is 8.24. The number of benzene rings is 2. The summed E-state index contributed by atoms with van der Waals surface area (Å²) >= 11 is 0. The Hall–Kier alpha value is -5.30. The van der Waals surface area contributed by atoms with Gasteiger partial charge in [-0.05, 0) is 118 Å². The number of likely N-dealkylation sites (tertiary alicyclic amines) is 1. The SMILES string of the molecule is COc1ccc2c(Nc3c(C)cncc3C)cc(=O)oc2c1OCCCCCCCN1CCC(c2cc(F)cc3c2CN(C2CCC(=O)NC2=O)C3=O)CC1. The van der Waals surface area contributed by atoms with Gasteiger partial charge in [0.25, 0.3) is 5.91 Å². The molecule has 55 heavy (non-hydrogen) atoms. The van der Waals surface area contributed by atoms with Gasteiger partial charge in [-0.1, -0.05) is 19.3 Å². The highest BCUT2D eigenvalue weighted by Crippen LogP contribution is 2.40. The van der Waals surface area contributed by atoms with Gasteiger partial charge in [-0.15, -0.1) is 0 Å². The van der Waals surface area contributed by atoms with Gasteiger partial charge in [-0.25, -0.2) is 9.18 Å². The number of aromatic nitrogens is 1. The highest BCUT2D eigenvalue weighted by atomic mass is 19.1. The molecule has 12 nitrogen and oxygen atoms in total. The number of carbonyl (C=O) groups excluding carboxylic acids is 3. The summed E-state index contributed by atoms with van der Waals surface area (Å²) in [5.41, 5.74) is 5.30. The Bertz CT molecular complexity index is 2140. The Morgan fingerprint density at radius 2 is 1.71 bits per heavy atom. The first-order chi connectivity index (χ1) is 26.6. The number of anilines is 2. The minimum Gasteiger partial charge on any atom is -0.493 e. The van der Waals surface area contributed by atoms with Crippen LogP contribution in [0.3, 0.4) is 0 Å². The third kappa shape index (κ3) is 8.22. The summed E-state index contributed by atoms with van der Waals surface area (Å²) in [6.07, 6.45) is 10.8. The van der Waals surface area contributed by atoms with E-state index in [0.29, 0.717) is 40.3 Å². The molecule has 3 aliphatic rings. The van der Waals surface area contributed by atoms with E-state index in [1.54, 1.807) is 25.6 Å². The normalized spacial score (nSPS) is 17.8. The molecule has 290 valence electrons. The molecule has 13 heteroatoms. The largest absolute Gasteiger partial charge is 0.493 e. The second-order valence-electron chi connectivity index (χ2n) is 14.9. The van der Waals surface area contributed by atoms with Gasteiger partial charge in [0.2, 0.25) is 17.6 Å². The van der Waals surface area contributed by atoms with Gasteiger partial charge < -0.3 is 29.0 Å². The predicted octanol–water partition coefficient (Wildman–Crippen LogP) is 6.67. The van der Waals surface area contributed by atoms with Crippen LogP contribution in [-0.4, -0.2) is 71.9 Å². The zero-order valence-electron chi connectivity index (χ0n) is 31.7. The molecule has 7 rings (SSSR count). The predicted molar refractivity (Wildman–Crippen MR) is 205 cm³/mol. The number of nitrogens with one attached hydrogen (secondary N) is 2. The molecule has 1 atom stereocenters. The molecule has 2 aromatic carbocycles. The number of nitrogens with zero attached hydrogens (tertiary/aromatic N) is 3. The van der Waals surface area contributed by atoms with E-state index in [0.717, 1.165) is 92.5 Å². The highest BCUT2D eigenvalue weighted by molar-refractivity contribution is 6.05. The van der Waals surface area contributed by atoms with Gasteiger partial charge in [-0.2, -0.15) is 0 Å². The zero-order chi connectivity index (χ0) is 38.6. The molecule has 5 heterocycles. The van der Waals surface area contributed by atoms with Gasteiger partial charge in [-0.3, -0.25) is 24.7 Å². The number of unbranched alkanes of at least 4 members (excludes halogenated alkanes) is 4. The first-order valence-electron chi connectivity index (χ1n) is 19.3. The van der Waals surface area contributed by atoms with Crippen LogP contribution in [0.4, 0.5) is 15.8 Å². The lowest BCUT2D eigenvalue weighted by atomic mass is 9.85. The number of methoxy groups -OCH3 is 1. The quantitative estimate of drug-likeness (QED) is 0.0815. The van der Waals surface area contributed by atoms with Gasteiger partial charge in [0.1, 0.15) is 11.9 Å². The van der Waals surface area contributed by atoms with Crippen molar-refractivity contribution in [3.63, 3.8) is 0 Å². The Kier molecular flexibility index (Phi) is 11.5. The molecule has 2 fully saturated rings. The second-order valence-corrected chi connectivity index (χ2v) is 14.9. The highest BCUT2D eigenvalue weighted by Gasteiger charge is 2.41. The average molecular weight is 754 g/mol. The third-order valence-electron chi connectivity index (χ3n) is 11.2. The molecule has 2 N–H and O–H groups in total. The van der Waals surface area contributed by atoms with Crippen LogP contribution in [0.25, 0.3) is 11.0 Å². The molecule has 0 aliphatic carbocycles. The van der Waals surface area contributed by atoms with Crippen molar-refractivity contribution in [3.8, 4) is 11.5 Å². The molecule has 0 saturated carbocycles. The van der Waals surface area contributed by atoms with Crippen molar-refractivity contribution < 1.29 is 32.7 Å². The number of pyridine rings is 1. The molecule has 2 aromatic heterocycles. The Balaban J connectivity index is 0.864. The number of piperidine rings is 2. The lowest BCUT2D eigenvalue weighted by Gasteiger charge is -2.33. The number of ether oxygens (including phenoxy) is 2. The maximum atomic E-state index is 14.8. The molecule has 0 radical (unpaired) electrons. The number of aryl methyl sites for hydroxylation is 2. The maximum absolute atomic E-state index is 14.8. The summed E-state index contributed by atoms with van der Waals surface area (Å²) in [6, 6.07) is 7.25. The minimum absolute atomic E-state index is 0.140. The minimum atomic E-state index is -0.719. The number of rotatable bonds is 14. The van der Waals surface area contributed by atoms with Gasteiger partial charge in [0, 0.05) is 48.1 Å². The van der Waals surface area contributed by atoms with Crippen molar-refractivity contribution in [1.29, 1.82) is 0 Å². The van der Waals surface area contributed by atoms with Crippen LogP contribution in [0, 0.1) is 19.7 Å². The van der Waals surface area contributed by atoms with Crippen LogP contribution in [0.2, 0.25) is 0 Å². The van der Waals surface area contributed by atoms with E-state index in [9.17, 15) is 23.6 Å². The lowest BCUT2D eigenvalue weighted by Crippen LogP contribution is -2.52. The Morgan fingerprint density at radius 3 is 2.45 bits per heavy atom. The van der Waals surface area contributed by atoms with E-state index in [1.165, 1.54) is 17.0 Å². The Morgan fingerprint density at radius 1 is 0.964 bits per heavy atom. The molecule has 0 spiro atoms. The van der Waals surface area contributed by atoms with Gasteiger partial charge >= 0.3 is 5.63 Å². The second kappa shape index (κ2) is 16.6. The standard InChI is InChI=1S/C42H48FN5O7/c1-25-22-44-23-26(2)38(25)45-33-21-37(50)55-39-29(33)9-11-35(53-3)40(39)54-18-8-6-4-5-7-15-47-16-13-27(14-17-47)30-19-28(43)20-31-32(30)24-48(42(31)52)34-10-12-36(49)46-41(34)51/h9,11,19-23,27,34H,4-8,10,12-18,24H2,1-3H3,(H,44,45)(H,46,49,51). The summed E-state index contributed by atoms with van der Waals surface area (Å²) < 4.78 is 32.3. The number of fused-ring (bicyclic) bond motifs is 2. The van der Waals surface area contributed by atoms with Crippen molar-refractivity contribution in [2.75, 3.05) is 38.7 Å². The van der Waals surface area contributed by atoms with Crippen LogP contribution >= 0.6 is 0 Å². The number of carbonyl (C=O) groups is 3. The molecule has 4 aromatic rings. The van der Waals surface area contributed by atoms with Crippen LogP contribution in [0.15, 0.2) is 51.9 Å². The van der Waals surface area contributed by atoms with Crippen LogP contribution < -0.4 is 25.7 Å². The summed E-state index contributed by atoms with van der Waals surface area (Å²) in [5.74, 6) is -0.524. The van der Waals surface area contributed by atoms with E-state index < -0.39 is 23.4 Å². The third-order valence-corrected chi connectivity index (χ3v) is 11.2. The van der Waals surface area contributed by atoms with Crippen molar-refractivity contribution in [2.45, 2.75) is 90.1 Å². The van der Waals surface area contributed by atoms with Crippen molar-refractivity contribution in [2.24, 2.45) is 0 Å². The van der Waals surface area contributed by atoms with E-state index in [2.05, 4.69) is 20.5 Å². The first-order valence-corrected chi connectivity index (χ1v) is 19.3. The zero-order valence-corrected chi connectivity index (χ0v) is 31.7. The molecule has 2 saturated heterocycles. The number of hydrogen-bond donors (Lipinski definition) is 2. The van der Waals surface area contributed by atoms with E-state index in [1.807, 2.05) is 26.0 Å². The number of halogens is 1. The first kappa shape index (κ1) is 38.0. The fourth-order valence-corrected chi connectivity index (χ4v) is 8.24. The van der Waals surface area contributed by atoms with Crippen molar-refractivity contribution in [3.05, 3.63) is 86.8 Å². The van der Waals surface area contributed by atoms with Crippen molar-refractivity contribution >= 4 is 40.1 Å². The lowest BCUT2D eigenvalue weighted by molar-refractivity contribution is -0.136. The maximum Gasteiger partial charge on any atom is 0.338 e. The fraction of sp³-hybridized carbons (Fsp3) is 0.452. The van der Waals surface area contributed by atoms with Gasteiger partial charge in [0.15, 0.2) is 11.3 Å². The van der Waals surface area contributed by atoms with E-state index >= 15 is 0 Å². The molecule has 3 aliphatic heterocycles. The number of hydrogen-bond acceptors (Lipinski definition) is 10. The summed E-state index contributed by atoms with van der Waals surface area (Å²) in [7, 11) is 1.56. The smallest absolute Gasteiger partial charge is 0.338 e. The summed E-state index contributed by atoms with van der Waals surface area (Å²) in [6.45, 7) is 7.43. The summed E-state index contributed by atoms with van der Waals surface area (Å²) in [4.78, 5) is 58.3. The summed E-state index contributed by atoms with van der Waals surface area (Å²) in [5, 5.41) is 6.44. The Labute approximate surface area is 319 Å². The topological polar surface area (TPSA) is 143 Å². The number of imide groups is 1. The molecule has 3 amide bonds. The molecular formula is C42H48FN5O7. The van der Waals surface area contributed by atoms with Gasteiger partial charge in [0.05, 0.1) is 19.4 Å². The monoisotopic (exact) mass is 753 g/mol. The van der Waals surface area contributed by atoms with Crippen LogP contribution in [0.1, 0.15) is 96.3 Å². The molecular weight excluding hydrogens is 705 g/mol. The van der Waals surface area contributed by atoms with Crippen molar-refractivity contribution in [1.82, 2.24) is 20.1 Å². The van der Waals surface area contributed by atoms with E-state index in [-0.39, 0.29) is 37.1 Å². The molecule has 0 bridgehead atoms. The van der Waals surface area contributed by atoms with Crippen LogP contribution in [0.5, 0.6) is 11.5 Å². The van der Waals surface area contributed by atoms with Crippen LogP contribution in [-0.2, 0) is 16.1 Å². The average Bonchev–Trinajstić information content (AvgIpc) is 3.49. The van der Waals surface area contributed by atoms with E-state index in [4.69, 9.17) is 13.9 Å². The molecule has 1 unspecified atom stereocenters. The number of amides is 3.